The van der Waals surface area contributed by atoms with Crippen molar-refractivity contribution in [1.29, 1.82) is 0 Å². The first-order valence-electron chi connectivity index (χ1n) is 7.23. The van der Waals surface area contributed by atoms with Crippen molar-refractivity contribution in [2.45, 2.75) is 6.92 Å². The lowest BCUT2D eigenvalue weighted by molar-refractivity contribution is 1.17. The second-order valence-electron chi connectivity index (χ2n) is 5.29. The van der Waals surface area contributed by atoms with Gasteiger partial charge in [-0.15, -0.1) is 28.3 Å². The molecule has 0 saturated heterocycles. The van der Waals surface area contributed by atoms with Gasteiger partial charge in [-0.1, -0.05) is 29.3 Å². The van der Waals surface area contributed by atoms with E-state index in [1.807, 2.05) is 59.3 Å². The predicted molar refractivity (Wildman–Crippen MR) is 111 cm³/mol. The molecule has 0 bridgehead atoms. The molecule has 0 amide bonds. The molecule has 4 rings (SSSR count). The van der Waals surface area contributed by atoms with Crippen LogP contribution in [-0.2, 0) is 0 Å². The first-order chi connectivity index (χ1) is 11.6. The van der Waals surface area contributed by atoms with E-state index >= 15 is 0 Å². The van der Waals surface area contributed by atoms with Gasteiger partial charge in [0, 0.05) is 22.3 Å². The highest BCUT2D eigenvalue weighted by Crippen LogP contribution is 2.30. The third kappa shape index (κ3) is 3.67. The van der Waals surface area contributed by atoms with Crippen molar-refractivity contribution in [3.05, 3.63) is 63.7 Å². The summed E-state index contributed by atoms with van der Waals surface area (Å²) in [4.78, 5) is 9.25. The number of anilines is 2. The van der Waals surface area contributed by atoms with Gasteiger partial charge in [0.2, 0.25) is 0 Å². The van der Waals surface area contributed by atoms with E-state index in [2.05, 4.69) is 15.3 Å². The first kappa shape index (κ1) is 18.2. The molecule has 0 fully saturated rings. The summed E-state index contributed by atoms with van der Waals surface area (Å²) in [5, 5.41) is 7.42. The van der Waals surface area contributed by atoms with E-state index in [-0.39, 0.29) is 17.0 Å². The van der Waals surface area contributed by atoms with Gasteiger partial charge in [0.1, 0.15) is 11.3 Å². The number of nitrogens with one attached hydrogen (secondary N) is 1. The van der Waals surface area contributed by atoms with Crippen LogP contribution < -0.4 is 5.32 Å². The summed E-state index contributed by atoms with van der Waals surface area (Å²) in [7, 11) is 0. The van der Waals surface area contributed by atoms with Gasteiger partial charge in [-0.3, -0.25) is 4.40 Å². The summed E-state index contributed by atoms with van der Waals surface area (Å²) in [6, 6.07) is 11.3. The van der Waals surface area contributed by atoms with Crippen LogP contribution in [0.4, 0.5) is 10.8 Å². The molecule has 0 aliphatic carbocycles. The van der Waals surface area contributed by atoms with Crippen molar-refractivity contribution >= 4 is 68.0 Å². The molecule has 1 N–H and O–H groups in total. The second-order valence-corrected chi connectivity index (χ2v) is 7.03. The minimum absolute atomic E-state index is 0. The van der Waals surface area contributed by atoms with Crippen LogP contribution in [0, 0.1) is 6.92 Å². The minimum Gasteiger partial charge on any atom is -0.331 e. The highest BCUT2D eigenvalue weighted by Gasteiger charge is 2.14. The quantitative estimate of drug-likeness (QED) is 0.388. The zero-order valence-corrected chi connectivity index (χ0v) is 17.1. The molecule has 0 saturated carbocycles. The molecule has 8 heteroatoms. The third-order valence-electron chi connectivity index (χ3n) is 3.58. The lowest BCUT2D eigenvalue weighted by Gasteiger charge is -2.03. The van der Waals surface area contributed by atoms with E-state index in [0.29, 0.717) is 10.0 Å². The maximum Gasteiger partial charge on any atom is 0.187 e. The normalized spacial score (nSPS) is 10.7. The molecule has 0 spiro atoms. The molecule has 0 aliphatic heterocycles. The number of hydrogen-bond donors (Lipinski definition) is 1. The van der Waals surface area contributed by atoms with E-state index in [1.54, 1.807) is 0 Å². The van der Waals surface area contributed by atoms with Crippen LogP contribution in [0.5, 0.6) is 0 Å². The number of rotatable bonds is 3. The topological polar surface area (TPSA) is 42.2 Å². The number of fused-ring (bicyclic) bond motifs is 1. The summed E-state index contributed by atoms with van der Waals surface area (Å²) in [6.45, 7) is 1.97. The van der Waals surface area contributed by atoms with Crippen LogP contribution in [0.1, 0.15) is 5.69 Å². The molecule has 3 aromatic heterocycles. The van der Waals surface area contributed by atoms with E-state index < -0.39 is 0 Å². The lowest BCUT2D eigenvalue weighted by atomic mass is 10.3. The average molecular weight is 456 g/mol. The number of imidazole rings is 1. The van der Waals surface area contributed by atoms with Crippen LogP contribution in [-0.4, -0.2) is 14.4 Å². The van der Waals surface area contributed by atoms with Gasteiger partial charge in [0.25, 0.3) is 0 Å². The van der Waals surface area contributed by atoms with Crippen molar-refractivity contribution in [1.82, 2.24) is 14.4 Å². The van der Waals surface area contributed by atoms with Crippen molar-refractivity contribution in [2.24, 2.45) is 0 Å². The van der Waals surface area contributed by atoms with Crippen LogP contribution >= 0.6 is 51.5 Å². The Morgan fingerprint density at radius 3 is 2.72 bits per heavy atom. The molecular weight excluding hydrogens is 443 g/mol. The van der Waals surface area contributed by atoms with E-state index in [0.717, 1.165) is 33.5 Å². The lowest BCUT2D eigenvalue weighted by Crippen LogP contribution is -1.92. The second kappa shape index (κ2) is 7.33. The zero-order chi connectivity index (χ0) is 16.7. The number of nitrogens with zero attached hydrogens (tertiary/aromatic N) is 3. The highest BCUT2D eigenvalue weighted by molar-refractivity contribution is 8.93. The van der Waals surface area contributed by atoms with Crippen LogP contribution in [0.15, 0.2) is 48.0 Å². The summed E-state index contributed by atoms with van der Waals surface area (Å²) in [5.74, 6) is 0. The summed E-state index contributed by atoms with van der Waals surface area (Å²) >= 11 is 13.7. The molecule has 25 heavy (non-hydrogen) atoms. The highest BCUT2D eigenvalue weighted by atomic mass is 79.9. The monoisotopic (exact) mass is 454 g/mol. The van der Waals surface area contributed by atoms with Gasteiger partial charge in [-0.2, -0.15) is 0 Å². The van der Waals surface area contributed by atoms with Gasteiger partial charge in [0.15, 0.2) is 5.13 Å². The molecule has 0 radical (unpaired) electrons. The molecule has 3 heterocycles. The minimum atomic E-state index is 0. The third-order valence-corrected chi connectivity index (χ3v) is 4.80. The standard InChI is InChI=1S/C17H12Cl2N4S.BrH/c1-10-16(23-8-12(19)5-6-15(23)20-10)14-9-24-17(22-14)21-13-4-2-3-11(18)7-13;/h2-9H,1H3,(H,21,22);1H. The van der Waals surface area contributed by atoms with E-state index in [9.17, 15) is 0 Å². The van der Waals surface area contributed by atoms with Crippen LogP contribution in [0.2, 0.25) is 10.0 Å². The Morgan fingerprint density at radius 1 is 1.08 bits per heavy atom. The van der Waals surface area contributed by atoms with Gasteiger partial charge in [-0.05, 0) is 37.3 Å². The predicted octanol–water partition coefficient (Wildman–Crippen LogP) is 6.39. The fourth-order valence-corrected chi connectivity index (χ4v) is 3.64. The Bertz CT molecular complexity index is 1040. The van der Waals surface area contributed by atoms with Crippen molar-refractivity contribution in [3.8, 4) is 11.4 Å². The molecule has 0 atom stereocenters. The maximum atomic E-state index is 6.12. The number of pyridine rings is 1. The van der Waals surface area contributed by atoms with Gasteiger partial charge in [0.05, 0.1) is 16.4 Å². The summed E-state index contributed by atoms with van der Waals surface area (Å²) < 4.78 is 1.97. The molecule has 128 valence electrons. The molecule has 0 unspecified atom stereocenters. The van der Waals surface area contributed by atoms with Crippen LogP contribution in [0.3, 0.4) is 0 Å². The van der Waals surface area contributed by atoms with Gasteiger partial charge < -0.3 is 5.32 Å². The van der Waals surface area contributed by atoms with Crippen molar-refractivity contribution in [3.63, 3.8) is 0 Å². The molecule has 0 aliphatic rings. The average Bonchev–Trinajstić information content (AvgIpc) is 3.10. The Kier molecular flexibility index (Phi) is 5.34. The zero-order valence-electron chi connectivity index (χ0n) is 13.0. The Hall–Kier alpha value is -1.60. The van der Waals surface area contributed by atoms with Gasteiger partial charge >= 0.3 is 0 Å². The number of thiazole rings is 1. The first-order valence-corrected chi connectivity index (χ1v) is 8.86. The smallest absolute Gasteiger partial charge is 0.187 e. The molecular formula is C17H13BrCl2N4S. The Morgan fingerprint density at radius 2 is 1.92 bits per heavy atom. The fourth-order valence-electron chi connectivity index (χ4n) is 2.57. The number of halogens is 3. The number of aryl methyl sites for hydroxylation is 1. The number of aromatic nitrogens is 3. The molecule has 1 aromatic carbocycles. The molecule has 4 nitrogen and oxygen atoms in total. The Labute approximate surface area is 169 Å². The Balaban J connectivity index is 0.00000182. The fraction of sp³-hybridized carbons (Fsp3) is 0.0588. The van der Waals surface area contributed by atoms with E-state index in [1.165, 1.54) is 11.3 Å². The van der Waals surface area contributed by atoms with E-state index in [4.69, 9.17) is 23.2 Å². The number of hydrogen-bond acceptors (Lipinski definition) is 4. The van der Waals surface area contributed by atoms with Crippen molar-refractivity contribution < 1.29 is 0 Å². The van der Waals surface area contributed by atoms with Crippen LogP contribution in [0.25, 0.3) is 17.0 Å². The van der Waals surface area contributed by atoms with Crippen molar-refractivity contribution in [2.75, 3.05) is 5.32 Å². The summed E-state index contributed by atoms with van der Waals surface area (Å²) in [6.07, 6.45) is 1.86. The van der Waals surface area contributed by atoms with Gasteiger partial charge in [-0.25, -0.2) is 9.97 Å². The maximum absolute atomic E-state index is 6.12. The summed E-state index contributed by atoms with van der Waals surface area (Å²) in [5.41, 5.74) is 4.47. The SMILES string of the molecule is Br.Cc1nc2ccc(Cl)cn2c1-c1csc(Nc2cccc(Cl)c2)n1. The number of benzene rings is 1. The largest absolute Gasteiger partial charge is 0.331 e. The molecule has 4 aromatic rings.